The number of urea groups is 1. The van der Waals surface area contributed by atoms with Gasteiger partial charge in [0.1, 0.15) is 11.4 Å². The highest BCUT2D eigenvalue weighted by Crippen LogP contribution is 2.15. The van der Waals surface area contributed by atoms with Crippen LogP contribution in [-0.2, 0) is 14.3 Å². The maximum absolute atomic E-state index is 12.0. The first-order valence-electron chi connectivity index (χ1n) is 7.54. The van der Waals surface area contributed by atoms with E-state index in [1.807, 2.05) is 0 Å². The summed E-state index contributed by atoms with van der Waals surface area (Å²) in [7, 11) is 0. The number of ether oxygens (including phenoxy) is 2. The van der Waals surface area contributed by atoms with E-state index in [9.17, 15) is 14.4 Å². The van der Waals surface area contributed by atoms with E-state index in [4.69, 9.17) is 9.47 Å². The number of rotatable bonds is 4. The van der Waals surface area contributed by atoms with Gasteiger partial charge in [-0.15, -0.1) is 0 Å². The molecule has 0 bridgehead atoms. The molecule has 0 radical (unpaired) electrons. The van der Waals surface area contributed by atoms with Crippen molar-refractivity contribution in [2.75, 3.05) is 32.9 Å². The van der Waals surface area contributed by atoms with Gasteiger partial charge in [-0.3, -0.25) is 14.9 Å². The van der Waals surface area contributed by atoms with Crippen LogP contribution in [0.2, 0.25) is 0 Å². The van der Waals surface area contributed by atoms with Gasteiger partial charge < -0.3 is 19.7 Å². The van der Waals surface area contributed by atoms with Crippen molar-refractivity contribution < 1.29 is 23.9 Å². The average molecular weight is 331 g/mol. The van der Waals surface area contributed by atoms with Crippen LogP contribution in [-0.4, -0.2) is 55.7 Å². The molecule has 0 unspecified atom stereocenters. The van der Waals surface area contributed by atoms with Crippen molar-refractivity contribution in [3.63, 3.8) is 0 Å². The lowest BCUT2D eigenvalue weighted by Gasteiger charge is -2.26. The van der Waals surface area contributed by atoms with Crippen molar-refractivity contribution in [1.29, 1.82) is 0 Å². The van der Waals surface area contributed by atoms with Crippen LogP contribution in [0.3, 0.4) is 0 Å². The smallest absolute Gasteiger partial charge is 0.326 e. The summed E-state index contributed by atoms with van der Waals surface area (Å²) in [5.41, 5.74) is 0.922. The van der Waals surface area contributed by atoms with Gasteiger partial charge in [0.25, 0.3) is 11.8 Å². The molecule has 8 nitrogen and oxygen atoms in total. The highest BCUT2D eigenvalue weighted by Gasteiger charge is 2.22. The number of hydrogen-bond donors (Lipinski definition) is 2. The highest BCUT2D eigenvalue weighted by molar-refractivity contribution is 6.13. The first-order chi connectivity index (χ1) is 11.6. The van der Waals surface area contributed by atoms with Gasteiger partial charge in [0.2, 0.25) is 0 Å². The number of morpholine rings is 1. The van der Waals surface area contributed by atoms with E-state index in [1.165, 1.54) is 0 Å². The third-order valence-corrected chi connectivity index (χ3v) is 3.64. The predicted molar refractivity (Wildman–Crippen MR) is 84.0 cm³/mol. The predicted octanol–water partition coefficient (Wildman–Crippen LogP) is 0.104. The van der Waals surface area contributed by atoms with Crippen molar-refractivity contribution in [1.82, 2.24) is 15.5 Å². The molecule has 1 aromatic carbocycles. The van der Waals surface area contributed by atoms with E-state index in [0.717, 1.165) is 5.56 Å². The molecule has 2 aliphatic heterocycles. The molecule has 0 atom stereocenters. The molecule has 0 saturated carbocycles. The zero-order valence-corrected chi connectivity index (χ0v) is 12.9. The monoisotopic (exact) mass is 331 g/mol. The second-order valence-electron chi connectivity index (χ2n) is 5.32. The summed E-state index contributed by atoms with van der Waals surface area (Å²) >= 11 is 0. The first kappa shape index (κ1) is 16.0. The lowest BCUT2D eigenvalue weighted by atomic mass is 10.2. The quantitative estimate of drug-likeness (QED) is 0.603. The van der Waals surface area contributed by atoms with Crippen molar-refractivity contribution in [3.05, 3.63) is 35.5 Å². The number of nitrogens with one attached hydrogen (secondary N) is 2. The van der Waals surface area contributed by atoms with E-state index >= 15 is 0 Å². The lowest BCUT2D eigenvalue weighted by Crippen LogP contribution is -2.42. The van der Waals surface area contributed by atoms with Crippen molar-refractivity contribution in [2.45, 2.75) is 0 Å². The van der Waals surface area contributed by atoms with Crippen LogP contribution in [0.4, 0.5) is 4.79 Å². The van der Waals surface area contributed by atoms with E-state index in [2.05, 4.69) is 10.6 Å². The van der Waals surface area contributed by atoms with E-state index in [-0.39, 0.29) is 18.2 Å². The second-order valence-corrected chi connectivity index (χ2v) is 5.32. The summed E-state index contributed by atoms with van der Waals surface area (Å²) < 4.78 is 10.7. The molecule has 2 N–H and O–H groups in total. The van der Waals surface area contributed by atoms with Gasteiger partial charge in [0.05, 0.1) is 13.2 Å². The maximum Gasteiger partial charge on any atom is 0.326 e. The molecule has 2 heterocycles. The van der Waals surface area contributed by atoms with Crippen LogP contribution >= 0.6 is 0 Å². The fourth-order valence-corrected chi connectivity index (χ4v) is 2.36. The van der Waals surface area contributed by atoms with Gasteiger partial charge in [0.15, 0.2) is 6.61 Å². The van der Waals surface area contributed by atoms with Gasteiger partial charge in [-0.25, -0.2) is 4.79 Å². The molecule has 2 saturated heterocycles. The third-order valence-electron chi connectivity index (χ3n) is 3.64. The Hall–Kier alpha value is -2.87. The average Bonchev–Trinajstić information content (AvgIpc) is 2.92. The summed E-state index contributed by atoms with van der Waals surface area (Å²) in [4.78, 5) is 36.2. The molecule has 1 aromatic rings. The molecule has 0 aromatic heterocycles. The fraction of sp³-hybridized carbons (Fsp3) is 0.312. The van der Waals surface area contributed by atoms with Crippen molar-refractivity contribution in [2.24, 2.45) is 0 Å². The van der Waals surface area contributed by atoms with Crippen molar-refractivity contribution in [3.8, 4) is 5.75 Å². The number of hydrogen-bond acceptors (Lipinski definition) is 5. The largest absolute Gasteiger partial charge is 0.484 e. The molecule has 0 aliphatic carbocycles. The summed E-state index contributed by atoms with van der Waals surface area (Å²) in [6.07, 6.45) is 1.56. The fourth-order valence-electron chi connectivity index (χ4n) is 2.36. The van der Waals surface area contributed by atoms with Crippen LogP contribution in [0.15, 0.2) is 30.0 Å². The van der Waals surface area contributed by atoms with Crippen LogP contribution in [0.5, 0.6) is 5.75 Å². The summed E-state index contributed by atoms with van der Waals surface area (Å²) in [5, 5.41) is 4.54. The Morgan fingerprint density at radius 1 is 1.17 bits per heavy atom. The van der Waals surface area contributed by atoms with Crippen molar-refractivity contribution >= 4 is 23.9 Å². The van der Waals surface area contributed by atoms with E-state index in [1.54, 1.807) is 35.2 Å². The molecular formula is C16H17N3O5. The minimum Gasteiger partial charge on any atom is -0.484 e. The number of carbonyl (C=O) groups excluding carboxylic acids is 3. The first-order valence-corrected chi connectivity index (χ1v) is 7.54. The zero-order valence-electron chi connectivity index (χ0n) is 12.9. The Labute approximate surface area is 138 Å². The molecule has 24 heavy (non-hydrogen) atoms. The molecule has 2 aliphatic rings. The van der Waals surface area contributed by atoms with Gasteiger partial charge in [-0.05, 0) is 23.8 Å². The summed E-state index contributed by atoms with van der Waals surface area (Å²) in [5.74, 6) is 0.0185. The lowest BCUT2D eigenvalue weighted by molar-refractivity contribution is -0.137. The molecule has 2 fully saturated rings. The minimum atomic E-state index is -0.534. The normalized spacial score (nSPS) is 19.2. The van der Waals surface area contributed by atoms with E-state index in [0.29, 0.717) is 32.1 Å². The topological polar surface area (TPSA) is 97.0 Å². The summed E-state index contributed by atoms with van der Waals surface area (Å²) in [6.45, 7) is 2.25. The number of amides is 4. The van der Waals surface area contributed by atoms with Gasteiger partial charge in [-0.2, -0.15) is 0 Å². The zero-order chi connectivity index (χ0) is 16.9. The Bertz CT molecular complexity index is 677. The van der Waals surface area contributed by atoms with Crippen LogP contribution in [0.25, 0.3) is 6.08 Å². The van der Waals surface area contributed by atoms with Crippen LogP contribution in [0.1, 0.15) is 5.56 Å². The second kappa shape index (κ2) is 7.14. The Morgan fingerprint density at radius 3 is 2.50 bits per heavy atom. The molecule has 4 amide bonds. The number of nitrogens with zero attached hydrogens (tertiary/aromatic N) is 1. The molecule has 126 valence electrons. The Kier molecular flexibility index (Phi) is 4.76. The molecular weight excluding hydrogens is 314 g/mol. The van der Waals surface area contributed by atoms with Gasteiger partial charge >= 0.3 is 6.03 Å². The highest BCUT2D eigenvalue weighted by atomic mass is 16.5. The number of carbonyl (C=O) groups is 3. The SMILES string of the molecule is O=C1NC(=O)/C(=C\c2ccc(OCC(=O)N3CCOCC3)cc2)N1. The van der Waals surface area contributed by atoms with Gasteiger partial charge in [0, 0.05) is 13.1 Å². The number of benzene rings is 1. The Balaban J connectivity index is 1.55. The molecule has 3 rings (SSSR count). The summed E-state index contributed by atoms with van der Waals surface area (Å²) in [6, 6.07) is 6.34. The standard InChI is InChI=1S/C16H17N3O5/c20-14(19-5-7-23-8-6-19)10-24-12-3-1-11(2-4-12)9-13-15(21)18-16(22)17-13/h1-4,9H,5-8,10H2,(H2,17,18,21,22)/b13-9+. The third kappa shape index (κ3) is 3.90. The molecule has 0 spiro atoms. The van der Waals surface area contributed by atoms with Crippen LogP contribution in [0, 0.1) is 0 Å². The Morgan fingerprint density at radius 2 is 1.88 bits per heavy atom. The van der Waals surface area contributed by atoms with Crippen LogP contribution < -0.4 is 15.4 Å². The molecule has 8 heteroatoms. The van der Waals surface area contributed by atoms with E-state index < -0.39 is 11.9 Å². The maximum atomic E-state index is 12.0. The van der Waals surface area contributed by atoms with Gasteiger partial charge in [-0.1, -0.05) is 12.1 Å². The number of imide groups is 1. The minimum absolute atomic E-state index is 0.0289.